The van der Waals surface area contributed by atoms with Crippen molar-refractivity contribution in [2.24, 2.45) is 0 Å². The van der Waals surface area contributed by atoms with E-state index in [9.17, 15) is 0 Å². The minimum atomic E-state index is 0.173. The summed E-state index contributed by atoms with van der Waals surface area (Å²) in [7, 11) is 0. The van der Waals surface area contributed by atoms with Crippen LogP contribution < -0.4 is 5.32 Å². The summed E-state index contributed by atoms with van der Waals surface area (Å²) in [5.41, 5.74) is 4.04. The van der Waals surface area contributed by atoms with Gasteiger partial charge in [0, 0.05) is 17.6 Å². The van der Waals surface area contributed by atoms with Gasteiger partial charge in [0.15, 0.2) is 0 Å². The molecule has 104 valence electrons. The van der Waals surface area contributed by atoms with Gasteiger partial charge in [-0.1, -0.05) is 52.3 Å². The van der Waals surface area contributed by atoms with Gasteiger partial charge in [0.05, 0.1) is 12.7 Å². The summed E-state index contributed by atoms with van der Waals surface area (Å²) in [6.07, 6.45) is 1.20. The molecule has 1 aliphatic rings. The summed E-state index contributed by atoms with van der Waals surface area (Å²) < 4.78 is 7.02. The van der Waals surface area contributed by atoms with Gasteiger partial charge in [0.2, 0.25) is 0 Å². The number of rotatable bonds is 4. The molecular formula is C17H18BrNO. The van der Waals surface area contributed by atoms with Gasteiger partial charge >= 0.3 is 0 Å². The topological polar surface area (TPSA) is 21.3 Å². The van der Waals surface area contributed by atoms with E-state index in [0.717, 1.165) is 30.6 Å². The Bertz CT molecular complexity index is 585. The molecule has 1 unspecified atom stereocenters. The molecule has 20 heavy (non-hydrogen) atoms. The van der Waals surface area contributed by atoms with Crippen molar-refractivity contribution in [3.05, 3.63) is 69.7 Å². The van der Waals surface area contributed by atoms with E-state index in [4.69, 9.17) is 4.74 Å². The molecule has 1 atom stereocenters. The van der Waals surface area contributed by atoms with Crippen molar-refractivity contribution in [2.45, 2.75) is 19.1 Å². The molecule has 3 heteroatoms. The first-order valence-corrected chi connectivity index (χ1v) is 7.77. The van der Waals surface area contributed by atoms with Crippen molar-refractivity contribution in [2.75, 3.05) is 13.2 Å². The summed E-state index contributed by atoms with van der Waals surface area (Å²) in [4.78, 5) is 0. The quantitative estimate of drug-likeness (QED) is 0.918. The molecule has 0 aliphatic carbocycles. The molecule has 0 spiro atoms. The van der Waals surface area contributed by atoms with Crippen LogP contribution in [0.1, 0.15) is 22.8 Å². The third-order valence-electron chi connectivity index (χ3n) is 3.64. The first-order chi connectivity index (χ1) is 9.83. The van der Waals surface area contributed by atoms with Crippen LogP contribution in [0.5, 0.6) is 0 Å². The van der Waals surface area contributed by atoms with E-state index in [2.05, 4.69) is 63.7 Å². The molecule has 2 aromatic carbocycles. The third-order valence-corrected chi connectivity index (χ3v) is 4.13. The molecule has 0 amide bonds. The lowest BCUT2D eigenvalue weighted by Gasteiger charge is -2.26. The predicted molar refractivity (Wildman–Crippen MR) is 84.7 cm³/mol. The Hall–Kier alpha value is -1.16. The van der Waals surface area contributed by atoms with Crippen LogP contribution in [0.25, 0.3) is 0 Å². The van der Waals surface area contributed by atoms with Crippen molar-refractivity contribution >= 4 is 15.9 Å². The molecule has 2 aromatic rings. The molecule has 0 radical (unpaired) electrons. The lowest BCUT2D eigenvalue weighted by Crippen LogP contribution is -2.27. The molecule has 0 saturated carbocycles. The van der Waals surface area contributed by atoms with Crippen molar-refractivity contribution in [1.29, 1.82) is 0 Å². The van der Waals surface area contributed by atoms with Gasteiger partial charge < -0.3 is 10.1 Å². The summed E-state index contributed by atoms with van der Waals surface area (Å²) in [5.74, 6) is 0. The maximum absolute atomic E-state index is 5.89. The van der Waals surface area contributed by atoms with E-state index in [0.29, 0.717) is 0 Å². The Kier molecular flexibility index (Phi) is 4.51. The first-order valence-electron chi connectivity index (χ1n) is 6.97. The summed E-state index contributed by atoms with van der Waals surface area (Å²) >= 11 is 3.50. The van der Waals surface area contributed by atoms with Crippen LogP contribution >= 0.6 is 15.9 Å². The van der Waals surface area contributed by atoms with E-state index < -0.39 is 0 Å². The van der Waals surface area contributed by atoms with Gasteiger partial charge in [0.1, 0.15) is 0 Å². The molecule has 0 saturated heterocycles. The Labute approximate surface area is 128 Å². The third kappa shape index (κ3) is 3.29. The molecule has 3 rings (SSSR count). The van der Waals surface area contributed by atoms with E-state index in [-0.39, 0.29) is 6.10 Å². The summed E-state index contributed by atoms with van der Waals surface area (Å²) in [6.45, 7) is 2.53. The lowest BCUT2D eigenvalue weighted by atomic mass is 9.97. The zero-order chi connectivity index (χ0) is 13.8. The molecule has 1 aliphatic heterocycles. The Morgan fingerprint density at radius 2 is 2.05 bits per heavy atom. The smallest absolute Gasteiger partial charge is 0.0952 e. The molecule has 1 heterocycles. The van der Waals surface area contributed by atoms with Gasteiger partial charge in [-0.05, 0) is 35.2 Å². The molecular weight excluding hydrogens is 314 g/mol. The number of ether oxygens (including phenoxy) is 1. The first kappa shape index (κ1) is 13.8. The van der Waals surface area contributed by atoms with Crippen LogP contribution in [0.15, 0.2) is 53.0 Å². The zero-order valence-electron chi connectivity index (χ0n) is 11.3. The number of halogens is 1. The predicted octanol–water partition coefficient (Wildman–Crippen LogP) is 3.85. The van der Waals surface area contributed by atoms with Crippen molar-refractivity contribution in [1.82, 2.24) is 5.32 Å². The van der Waals surface area contributed by atoms with Crippen molar-refractivity contribution in [3.8, 4) is 0 Å². The highest BCUT2D eigenvalue weighted by molar-refractivity contribution is 9.10. The van der Waals surface area contributed by atoms with Gasteiger partial charge in [-0.3, -0.25) is 0 Å². The molecule has 0 fully saturated rings. The van der Waals surface area contributed by atoms with E-state index in [1.807, 2.05) is 6.07 Å². The fourth-order valence-corrected chi connectivity index (χ4v) is 3.09. The van der Waals surface area contributed by atoms with E-state index in [1.54, 1.807) is 0 Å². The number of hydrogen-bond acceptors (Lipinski definition) is 2. The minimum absolute atomic E-state index is 0.173. The maximum Gasteiger partial charge on any atom is 0.0952 e. The van der Waals surface area contributed by atoms with Gasteiger partial charge in [-0.25, -0.2) is 0 Å². The highest BCUT2D eigenvalue weighted by Gasteiger charge is 2.19. The summed E-state index contributed by atoms with van der Waals surface area (Å²) in [6, 6.07) is 17.0. The highest BCUT2D eigenvalue weighted by atomic mass is 79.9. The van der Waals surface area contributed by atoms with E-state index in [1.165, 1.54) is 16.7 Å². The van der Waals surface area contributed by atoms with Crippen LogP contribution in [-0.2, 0) is 17.7 Å². The monoisotopic (exact) mass is 331 g/mol. The standard InChI is InChI=1S/C17H18BrNO/c18-15-6-3-4-13(10-15)11-19-12-17-16-7-2-1-5-14(16)8-9-20-17/h1-7,10,17,19H,8-9,11-12H2. The average molecular weight is 332 g/mol. The largest absolute Gasteiger partial charge is 0.372 e. The van der Waals surface area contributed by atoms with Crippen molar-refractivity contribution < 1.29 is 4.74 Å². The number of hydrogen-bond donors (Lipinski definition) is 1. The molecule has 1 N–H and O–H groups in total. The number of nitrogens with one attached hydrogen (secondary N) is 1. The molecule has 0 bridgehead atoms. The highest BCUT2D eigenvalue weighted by Crippen LogP contribution is 2.26. The molecule has 2 nitrogen and oxygen atoms in total. The Balaban J connectivity index is 1.60. The van der Waals surface area contributed by atoms with Crippen LogP contribution in [-0.4, -0.2) is 13.2 Å². The molecule has 0 aromatic heterocycles. The normalized spacial score (nSPS) is 17.8. The van der Waals surface area contributed by atoms with Gasteiger partial charge in [-0.15, -0.1) is 0 Å². The number of fused-ring (bicyclic) bond motifs is 1. The zero-order valence-corrected chi connectivity index (χ0v) is 12.9. The van der Waals surface area contributed by atoms with Crippen LogP contribution in [0.3, 0.4) is 0 Å². The van der Waals surface area contributed by atoms with Crippen molar-refractivity contribution in [3.63, 3.8) is 0 Å². The van der Waals surface area contributed by atoms with Crippen LogP contribution in [0, 0.1) is 0 Å². The Morgan fingerprint density at radius 1 is 1.15 bits per heavy atom. The fraction of sp³-hybridized carbons (Fsp3) is 0.294. The van der Waals surface area contributed by atoms with E-state index >= 15 is 0 Å². The number of benzene rings is 2. The van der Waals surface area contributed by atoms with Gasteiger partial charge in [0.25, 0.3) is 0 Å². The maximum atomic E-state index is 5.89. The second-order valence-electron chi connectivity index (χ2n) is 5.07. The van der Waals surface area contributed by atoms with Crippen LogP contribution in [0.2, 0.25) is 0 Å². The SMILES string of the molecule is Brc1cccc(CNCC2OCCc3ccccc32)c1. The average Bonchev–Trinajstić information content (AvgIpc) is 2.48. The van der Waals surface area contributed by atoms with Gasteiger partial charge in [-0.2, -0.15) is 0 Å². The second-order valence-corrected chi connectivity index (χ2v) is 5.98. The summed E-state index contributed by atoms with van der Waals surface area (Å²) in [5, 5.41) is 3.49. The minimum Gasteiger partial charge on any atom is -0.372 e. The Morgan fingerprint density at radius 3 is 2.95 bits per heavy atom. The fourth-order valence-electron chi connectivity index (χ4n) is 2.64. The van der Waals surface area contributed by atoms with Crippen LogP contribution in [0.4, 0.5) is 0 Å². The second kappa shape index (κ2) is 6.53. The lowest BCUT2D eigenvalue weighted by molar-refractivity contribution is 0.0423.